The number of sulfonamides is 1. The van der Waals surface area contributed by atoms with Crippen molar-refractivity contribution in [1.29, 1.82) is 5.26 Å². The summed E-state index contributed by atoms with van der Waals surface area (Å²) in [6, 6.07) is 15.1. The summed E-state index contributed by atoms with van der Waals surface area (Å²) in [5.74, 6) is 0.739. The molecular weight excluding hydrogens is 496 g/mol. The molecule has 36 heavy (non-hydrogen) atoms. The first-order valence-electron chi connectivity index (χ1n) is 11.9. The molecule has 0 aliphatic carbocycles. The first-order valence-corrected chi connectivity index (χ1v) is 14.7. The molecule has 2 saturated heterocycles. The number of nitrogens with zero attached hydrogens (tertiary/aromatic N) is 3. The van der Waals surface area contributed by atoms with E-state index in [1.807, 2.05) is 23.3 Å². The zero-order valence-electron chi connectivity index (χ0n) is 20.4. The highest BCUT2D eigenvalue weighted by Gasteiger charge is 2.52. The topological polar surface area (TPSA) is 111 Å². The van der Waals surface area contributed by atoms with E-state index in [-0.39, 0.29) is 35.7 Å². The van der Waals surface area contributed by atoms with Crippen LogP contribution in [0.2, 0.25) is 0 Å². The number of amides is 1. The van der Waals surface area contributed by atoms with Crippen LogP contribution >= 0.6 is 11.8 Å². The van der Waals surface area contributed by atoms with Crippen LogP contribution in [0.5, 0.6) is 0 Å². The van der Waals surface area contributed by atoms with E-state index in [4.69, 9.17) is 0 Å². The van der Waals surface area contributed by atoms with Gasteiger partial charge in [0.2, 0.25) is 15.9 Å². The number of hydrogen-bond donors (Lipinski definition) is 1. The van der Waals surface area contributed by atoms with Gasteiger partial charge in [-0.2, -0.15) is 21.3 Å². The van der Waals surface area contributed by atoms with Crippen LogP contribution in [0.15, 0.2) is 53.4 Å². The molecule has 1 atom stereocenters. The molecule has 2 aromatic rings. The number of rotatable bonds is 8. The number of nitrogens with one attached hydrogen (secondary N) is 1. The molecule has 8 nitrogen and oxygen atoms in total. The van der Waals surface area contributed by atoms with Crippen LogP contribution in [-0.4, -0.2) is 66.1 Å². The van der Waals surface area contributed by atoms with Crippen LogP contribution in [0.1, 0.15) is 47.7 Å². The maximum atomic E-state index is 13.5. The van der Waals surface area contributed by atoms with E-state index in [0.717, 1.165) is 11.3 Å². The molecule has 0 aromatic heterocycles. The van der Waals surface area contributed by atoms with E-state index >= 15 is 0 Å². The Morgan fingerprint density at radius 3 is 2.50 bits per heavy atom. The van der Waals surface area contributed by atoms with Crippen molar-refractivity contribution in [2.45, 2.75) is 49.3 Å². The van der Waals surface area contributed by atoms with Crippen molar-refractivity contribution in [2.75, 3.05) is 25.1 Å². The van der Waals surface area contributed by atoms with Gasteiger partial charge in [-0.1, -0.05) is 24.3 Å². The molecule has 1 amide bonds. The lowest BCUT2D eigenvalue weighted by molar-refractivity contribution is -0.134. The summed E-state index contributed by atoms with van der Waals surface area (Å²) < 4.78 is 28.0. The normalized spacial score (nSPS) is 20.0. The summed E-state index contributed by atoms with van der Waals surface area (Å²) in [5, 5.41) is 12.8. The van der Waals surface area contributed by atoms with Gasteiger partial charge in [0.05, 0.1) is 28.2 Å². The Labute approximate surface area is 216 Å². The maximum Gasteiger partial charge on any atom is 0.243 e. The number of nitriles is 1. The standard InChI is InChI=1S/C26H30N4O4S2/c1-19(31)22-6-8-23(9-7-22)36(33,34)29-13-11-26(12-14-29)28-24(10-15-35-2)25(32)30(26)18-21-5-3-4-20(16-21)17-27/h3-9,16,24,28H,10-15,18H2,1-2H3. The molecule has 0 saturated carbocycles. The summed E-state index contributed by atoms with van der Waals surface area (Å²) in [4.78, 5) is 27.0. The second-order valence-electron chi connectivity index (χ2n) is 9.23. The molecular formula is C26H30N4O4S2. The lowest BCUT2D eigenvalue weighted by Crippen LogP contribution is -2.59. The lowest BCUT2D eigenvalue weighted by atomic mass is 9.96. The third kappa shape index (κ3) is 5.20. The van der Waals surface area contributed by atoms with Gasteiger partial charge in [0.1, 0.15) is 0 Å². The van der Waals surface area contributed by atoms with E-state index in [9.17, 15) is 23.3 Å². The molecule has 2 aliphatic heterocycles. The Hall–Kier alpha value is -2.71. The molecule has 1 spiro atoms. The van der Waals surface area contributed by atoms with Crippen molar-refractivity contribution in [3.05, 3.63) is 65.2 Å². The highest BCUT2D eigenvalue weighted by molar-refractivity contribution is 7.98. The highest BCUT2D eigenvalue weighted by Crippen LogP contribution is 2.36. The molecule has 190 valence electrons. The van der Waals surface area contributed by atoms with Crippen LogP contribution in [0.4, 0.5) is 0 Å². The van der Waals surface area contributed by atoms with Crippen molar-refractivity contribution in [3.8, 4) is 6.07 Å². The number of carbonyl (C=O) groups is 2. The third-order valence-electron chi connectivity index (χ3n) is 6.98. The molecule has 2 aromatic carbocycles. The van der Waals surface area contributed by atoms with E-state index in [1.54, 1.807) is 23.9 Å². The van der Waals surface area contributed by atoms with Gasteiger partial charge >= 0.3 is 0 Å². The van der Waals surface area contributed by atoms with Gasteiger partial charge in [-0.15, -0.1) is 0 Å². The first-order chi connectivity index (χ1) is 17.2. The molecule has 1 N–H and O–H groups in total. The molecule has 1 unspecified atom stereocenters. The molecule has 10 heteroatoms. The fourth-order valence-corrected chi connectivity index (χ4v) is 6.88. The summed E-state index contributed by atoms with van der Waals surface area (Å²) in [5.41, 5.74) is 1.23. The second kappa shape index (κ2) is 10.7. The number of benzene rings is 2. The van der Waals surface area contributed by atoms with Crippen LogP contribution in [0.25, 0.3) is 0 Å². The van der Waals surface area contributed by atoms with Crippen molar-refractivity contribution < 1.29 is 18.0 Å². The Morgan fingerprint density at radius 2 is 1.89 bits per heavy atom. The maximum absolute atomic E-state index is 13.5. The van der Waals surface area contributed by atoms with Gasteiger partial charge in [-0.25, -0.2) is 8.42 Å². The summed E-state index contributed by atoms with van der Waals surface area (Å²) in [7, 11) is -3.73. The summed E-state index contributed by atoms with van der Waals surface area (Å²) in [6.45, 7) is 2.33. The molecule has 2 fully saturated rings. The van der Waals surface area contributed by atoms with Gasteiger partial charge in [0.15, 0.2) is 5.78 Å². The predicted octanol–water partition coefficient (Wildman–Crippen LogP) is 3.00. The Balaban J connectivity index is 1.55. The number of hydrogen-bond acceptors (Lipinski definition) is 7. The quantitative estimate of drug-likeness (QED) is 0.527. The molecule has 4 rings (SSSR count). The number of ketones is 1. The van der Waals surface area contributed by atoms with Gasteiger partial charge in [0, 0.05) is 25.2 Å². The largest absolute Gasteiger partial charge is 0.319 e. The van der Waals surface area contributed by atoms with Crippen LogP contribution in [0.3, 0.4) is 0 Å². The molecule has 0 bridgehead atoms. The SMILES string of the molecule is CSCCC1NC2(CCN(S(=O)(=O)c3ccc(C(C)=O)cc3)CC2)N(Cc2cccc(C#N)c2)C1=O. The Morgan fingerprint density at radius 1 is 1.19 bits per heavy atom. The number of carbonyl (C=O) groups excluding carboxylic acids is 2. The van der Waals surface area contributed by atoms with E-state index < -0.39 is 15.7 Å². The zero-order valence-corrected chi connectivity index (χ0v) is 22.1. The average Bonchev–Trinajstić information content (AvgIpc) is 3.13. The minimum Gasteiger partial charge on any atom is -0.319 e. The summed E-state index contributed by atoms with van der Waals surface area (Å²) >= 11 is 1.68. The third-order valence-corrected chi connectivity index (χ3v) is 9.54. The van der Waals surface area contributed by atoms with Gasteiger partial charge in [-0.05, 0) is 68.0 Å². The van der Waals surface area contributed by atoms with Crippen molar-refractivity contribution in [3.63, 3.8) is 0 Å². The van der Waals surface area contributed by atoms with E-state index in [2.05, 4.69) is 11.4 Å². The smallest absolute Gasteiger partial charge is 0.243 e. The number of Topliss-reactive ketones (excluding diaryl/α,β-unsaturated/α-hetero) is 1. The van der Waals surface area contributed by atoms with Gasteiger partial charge < -0.3 is 4.90 Å². The summed E-state index contributed by atoms with van der Waals surface area (Å²) in [6.07, 6.45) is 3.61. The number of thioether (sulfide) groups is 1. The fraction of sp³-hybridized carbons (Fsp3) is 0.423. The number of piperidine rings is 1. The van der Waals surface area contributed by atoms with Crippen molar-refractivity contribution >= 4 is 33.5 Å². The van der Waals surface area contributed by atoms with E-state index in [1.165, 1.54) is 35.5 Å². The fourth-order valence-electron chi connectivity index (χ4n) is 4.97. The molecule has 0 radical (unpaired) electrons. The lowest BCUT2D eigenvalue weighted by Gasteiger charge is -2.44. The van der Waals surface area contributed by atoms with Crippen molar-refractivity contribution in [1.82, 2.24) is 14.5 Å². The van der Waals surface area contributed by atoms with Crippen LogP contribution < -0.4 is 5.32 Å². The second-order valence-corrected chi connectivity index (χ2v) is 12.2. The molecule has 2 aliphatic rings. The first kappa shape index (κ1) is 26.4. The predicted molar refractivity (Wildman–Crippen MR) is 139 cm³/mol. The average molecular weight is 527 g/mol. The zero-order chi connectivity index (χ0) is 25.9. The van der Waals surface area contributed by atoms with Crippen LogP contribution in [0, 0.1) is 11.3 Å². The molecule has 2 heterocycles. The van der Waals surface area contributed by atoms with Gasteiger partial charge in [-0.3, -0.25) is 14.9 Å². The highest BCUT2D eigenvalue weighted by atomic mass is 32.2. The Kier molecular flexibility index (Phi) is 7.85. The minimum atomic E-state index is -3.73. The van der Waals surface area contributed by atoms with Gasteiger partial charge in [0.25, 0.3) is 0 Å². The van der Waals surface area contributed by atoms with E-state index in [0.29, 0.717) is 36.9 Å². The van der Waals surface area contributed by atoms with Crippen molar-refractivity contribution in [2.24, 2.45) is 0 Å². The monoisotopic (exact) mass is 526 g/mol. The van der Waals surface area contributed by atoms with Crippen LogP contribution in [-0.2, 0) is 21.4 Å². The Bertz CT molecular complexity index is 1280. The minimum absolute atomic E-state index is 0.0162.